The molecule has 3 N–H and O–H groups in total. The molecule has 3 heterocycles. The van der Waals surface area contributed by atoms with E-state index in [1.54, 1.807) is 4.90 Å². The number of nitrogens with zero attached hydrogens (tertiary/aromatic N) is 5. The zero-order valence-electron chi connectivity index (χ0n) is 19.0. The van der Waals surface area contributed by atoms with Crippen LogP contribution in [0.2, 0.25) is 0 Å². The second-order valence-corrected chi connectivity index (χ2v) is 9.96. The summed E-state index contributed by atoms with van der Waals surface area (Å²) >= 11 is 1.44. The van der Waals surface area contributed by atoms with Crippen LogP contribution in [0.15, 0.2) is 42.5 Å². The van der Waals surface area contributed by atoms with Crippen molar-refractivity contribution in [2.24, 2.45) is 0 Å². The molecule has 1 amide bonds. The summed E-state index contributed by atoms with van der Waals surface area (Å²) < 4.78 is 8.03. The van der Waals surface area contributed by atoms with Crippen LogP contribution in [-0.2, 0) is 11.2 Å². The minimum atomic E-state index is -0.581. The standard InChI is InChI=1S/C24H23N7O2S/c1-24(2,3)33-23(32)30-11-10-14-8-9-15(12-18(14)30)27-21-16(13-25)20(26)31(29-21)22-28-17-6-4-5-7-19(17)34-22/h4-9,12H,10-11,26H2,1-3H3,(H,27,29). The Labute approximate surface area is 200 Å². The van der Waals surface area contributed by atoms with Crippen molar-refractivity contribution in [3.05, 3.63) is 53.6 Å². The van der Waals surface area contributed by atoms with Crippen LogP contribution in [0.1, 0.15) is 31.9 Å². The van der Waals surface area contributed by atoms with Gasteiger partial charge in [0, 0.05) is 12.2 Å². The van der Waals surface area contributed by atoms with Gasteiger partial charge in [0.05, 0.1) is 15.9 Å². The number of amides is 1. The van der Waals surface area contributed by atoms with Crippen molar-refractivity contribution in [2.75, 3.05) is 22.5 Å². The molecule has 2 aromatic heterocycles. The van der Waals surface area contributed by atoms with E-state index in [-0.39, 0.29) is 17.5 Å². The largest absolute Gasteiger partial charge is 0.443 e. The number of nitrogens with one attached hydrogen (secondary N) is 1. The second kappa shape index (κ2) is 8.04. The summed E-state index contributed by atoms with van der Waals surface area (Å²) in [6.45, 7) is 6.08. The van der Waals surface area contributed by atoms with Gasteiger partial charge in [0.25, 0.3) is 0 Å². The molecule has 0 atom stereocenters. The van der Waals surface area contributed by atoms with Crippen LogP contribution in [0.25, 0.3) is 15.3 Å². The number of carbonyl (C=O) groups excluding carboxylic acids is 1. The van der Waals surface area contributed by atoms with Gasteiger partial charge in [0.2, 0.25) is 5.13 Å². The Bertz CT molecular complexity index is 1430. The smallest absolute Gasteiger partial charge is 0.414 e. The Hall–Kier alpha value is -4.10. The van der Waals surface area contributed by atoms with Gasteiger partial charge in [-0.1, -0.05) is 29.5 Å². The molecule has 0 aliphatic carbocycles. The number of hydrogen-bond donors (Lipinski definition) is 2. The maximum absolute atomic E-state index is 12.7. The molecular weight excluding hydrogens is 450 g/mol. The summed E-state index contributed by atoms with van der Waals surface area (Å²) in [7, 11) is 0. The summed E-state index contributed by atoms with van der Waals surface area (Å²) in [5.74, 6) is 0.529. The quantitative estimate of drug-likeness (QED) is 0.430. The van der Waals surface area contributed by atoms with Crippen LogP contribution >= 0.6 is 11.3 Å². The Morgan fingerprint density at radius 3 is 2.79 bits per heavy atom. The summed E-state index contributed by atoms with van der Waals surface area (Å²) in [6.07, 6.45) is 0.364. The lowest BCUT2D eigenvalue weighted by Crippen LogP contribution is -2.35. The molecule has 1 aliphatic rings. The fraction of sp³-hybridized carbons (Fsp3) is 0.250. The number of thiazole rings is 1. The van der Waals surface area contributed by atoms with Crippen LogP contribution in [0, 0.1) is 11.3 Å². The van der Waals surface area contributed by atoms with Gasteiger partial charge >= 0.3 is 6.09 Å². The van der Waals surface area contributed by atoms with Crippen molar-refractivity contribution in [3.63, 3.8) is 0 Å². The number of nitrogen functional groups attached to an aromatic ring is 1. The Kier molecular flexibility index (Phi) is 5.14. The third-order valence-corrected chi connectivity index (χ3v) is 6.37. The molecule has 172 valence electrons. The van der Waals surface area contributed by atoms with E-state index >= 15 is 0 Å². The highest BCUT2D eigenvalue weighted by Gasteiger charge is 2.29. The molecule has 2 aromatic carbocycles. The van der Waals surface area contributed by atoms with Gasteiger partial charge in [-0.25, -0.2) is 9.78 Å². The lowest BCUT2D eigenvalue weighted by atomic mass is 10.1. The minimum Gasteiger partial charge on any atom is -0.443 e. The molecule has 34 heavy (non-hydrogen) atoms. The van der Waals surface area contributed by atoms with E-state index in [1.807, 2.05) is 63.2 Å². The van der Waals surface area contributed by atoms with Gasteiger partial charge in [-0.3, -0.25) is 4.90 Å². The normalized spacial score (nSPS) is 13.1. The van der Waals surface area contributed by atoms with E-state index in [0.29, 0.717) is 23.2 Å². The van der Waals surface area contributed by atoms with E-state index in [4.69, 9.17) is 10.5 Å². The number of anilines is 4. The third-order valence-electron chi connectivity index (χ3n) is 5.35. The predicted molar refractivity (Wildman–Crippen MR) is 133 cm³/mol. The molecule has 4 aromatic rings. The summed E-state index contributed by atoms with van der Waals surface area (Å²) in [5.41, 5.74) is 9.26. The highest BCUT2D eigenvalue weighted by molar-refractivity contribution is 7.20. The van der Waals surface area contributed by atoms with E-state index in [2.05, 4.69) is 21.5 Å². The molecular formula is C24H23N7O2S. The molecule has 0 bridgehead atoms. The first-order valence-electron chi connectivity index (χ1n) is 10.8. The Morgan fingerprint density at radius 1 is 1.26 bits per heavy atom. The highest BCUT2D eigenvalue weighted by Crippen LogP contribution is 2.35. The number of benzene rings is 2. The van der Waals surface area contributed by atoms with Gasteiger partial charge < -0.3 is 15.8 Å². The number of fused-ring (bicyclic) bond motifs is 2. The molecule has 0 saturated carbocycles. The number of rotatable bonds is 3. The first-order chi connectivity index (χ1) is 16.2. The van der Waals surface area contributed by atoms with Crippen LogP contribution < -0.4 is 16.0 Å². The fourth-order valence-electron chi connectivity index (χ4n) is 3.83. The average molecular weight is 474 g/mol. The Morgan fingerprint density at radius 2 is 2.06 bits per heavy atom. The summed E-state index contributed by atoms with van der Waals surface area (Å²) in [4.78, 5) is 18.9. The van der Waals surface area contributed by atoms with Gasteiger partial charge in [-0.15, -0.1) is 5.10 Å². The molecule has 0 spiro atoms. The van der Waals surface area contributed by atoms with Crippen LogP contribution in [-0.4, -0.2) is 33.0 Å². The highest BCUT2D eigenvalue weighted by atomic mass is 32.1. The topological polar surface area (TPSA) is 122 Å². The number of nitriles is 1. The zero-order chi connectivity index (χ0) is 24.0. The lowest BCUT2D eigenvalue weighted by Gasteiger charge is -2.25. The molecule has 10 heteroatoms. The van der Waals surface area contributed by atoms with E-state index < -0.39 is 5.60 Å². The third kappa shape index (κ3) is 3.91. The average Bonchev–Trinajstić information content (AvgIpc) is 3.47. The van der Waals surface area contributed by atoms with E-state index in [9.17, 15) is 10.1 Å². The first kappa shape index (κ1) is 21.7. The van der Waals surface area contributed by atoms with Crippen LogP contribution in [0.4, 0.5) is 27.8 Å². The second-order valence-electron chi connectivity index (χ2n) is 8.95. The number of carbonyl (C=O) groups is 1. The van der Waals surface area contributed by atoms with Crippen molar-refractivity contribution in [1.82, 2.24) is 14.8 Å². The molecule has 0 fully saturated rings. The zero-order valence-corrected chi connectivity index (χ0v) is 19.8. The predicted octanol–water partition coefficient (Wildman–Crippen LogP) is 4.98. The first-order valence-corrected chi connectivity index (χ1v) is 11.6. The minimum absolute atomic E-state index is 0.209. The van der Waals surface area contributed by atoms with Gasteiger partial charge in [-0.05, 0) is 57.0 Å². The number of hydrogen-bond acceptors (Lipinski definition) is 8. The molecule has 1 aliphatic heterocycles. The maximum Gasteiger partial charge on any atom is 0.414 e. The van der Waals surface area contributed by atoms with Crippen molar-refractivity contribution < 1.29 is 9.53 Å². The number of para-hydroxylation sites is 1. The fourth-order valence-corrected chi connectivity index (χ4v) is 4.76. The monoisotopic (exact) mass is 473 g/mol. The van der Waals surface area contributed by atoms with E-state index in [1.165, 1.54) is 16.0 Å². The number of ether oxygens (including phenoxy) is 1. The van der Waals surface area contributed by atoms with Crippen LogP contribution in [0.5, 0.6) is 0 Å². The summed E-state index contributed by atoms with van der Waals surface area (Å²) in [5, 5.41) is 18.1. The van der Waals surface area contributed by atoms with Crippen molar-refractivity contribution >= 4 is 50.7 Å². The van der Waals surface area contributed by atoms with Gasteiger partial charge in [0.15, 0.2) is 5.82 Å². The number of aromatic nitrogens is 3. The van der Waals surface area contributed by atoms with Gasteiger partial charge in [-0.2, -0.15) is 9.94 Å². The molecule has 0 saturated heterocycles. The molecule has 0 radical (unpaired) electrons. The van der Waals surface area contributed by atoms with Gasteiger partial charge in [0.1, 0.15) is 23.1 Å². The van der Waals surface area contributed by atoms with Crippen molar-refractivity contribution in [1.29, 1.82) is 5.26 Å². The SMILES string of the molecule is CC(C)(C)OC(=O)N1CCc2ccc(Nc3nn(-c4nc5ccccc5s4)c(N)c3C#N)cc21. The summed E-state index contributed by atoms with van der Waals surface area (Å²) in [6, 6.07) is 15.6. The van der Waals surface area contributed by atoms with Crippen molar-refractivity contribution in [2.45, 2.75) is 32.8 Å². The molecule has 9 nitrogen and oxygen atoms in total. The van der Waals surface area contributed by atoms with Crippen LogP contribution in [0.3, 0.4) is 0 Å². The maximum atomic E-state index is 12.7. The number of nitrogens with two attached hydrogens (primary N) is 1. The Balaban J connectivity index is 1.46. The molecule has 5 rings (SSSR count). The van der Waals surface area contributed by atoms with E-state index in [0.717, 1.165) is 27.9 Å². The molecule has 0 unspecified atom stereocenters. The van der Waals surface area contributed by atoms with Crippen molar-refractivity contribution in [3.8, 4) is 11.2 Å². The lowest BCUT2D eigenvalue weighted by molar-refractivity contribution is 0.0584.